The van der Waals surface area contributed by atoms with Crippen molar-refractivity contribution in [2.24, 2.45) is 17.8 Å². The third kappa shape index (κ3) is 3.09. The molecule has 3 rings (SSSR count). The number of aryl methyl sites for hydroxylation is 1. The predicted octanol–water partition coefficient (Wildman–Crippen LogP) is 1.64. The van der Waals surface area contributed by atoms with E-state index >= 15 is 0 Å². The number of carbonyl (C=O) groups excluding carboxylic acids is 1. The number of nitrogens with zero attached hydrogens (tertiary/aromatic N) is 1. The first-order valence-electron chi connectivity index (χ1n) is 8.23. The van der Waals surface area contributed by atoms with Crippen LogP contribution < -0.4 is 10.6 Å². The van der Waals surface area contributed by atoms with Crippen LogP contribution in [0.15, 0.2) is 18.5 Å². The van der Waals surface area contributed by atoms with Gasteiger partial charge in [0.25, 0.3) is 0 Å². The Morgan fingerprint density at radius 3 is 3.00 bits per heavy atom. The first-order chi connectivity index (χ1) is 10.7. The summed E-state index contributed by atoms with van der Waals surface area (Å²) in [5, 5.41) is 15.6. The molecule has 0 aliphatic heterocycles. The van der Waals surface area contributed by atoms with E-state index in [0.717, 1.165) is 18.4 Å². The van der Waals surface area contributed by atoms with E-state index in [9.17, 15) is 9.90 Å². The lowest BCUT2D eigenvalue weighted by Gasteiger charge is -2.30. The zero-order valence-corrected chi connectivity index (χ0v) is 13.1. The Morgan fingerprint density at radius 2 is 2.23 bits per heavy atom. The fourth-order valence-corrected chi connectivity index (χ4v) is 4.19. The molecule has 2 saturated carbocycles. The largest absolute Gasteiger partial charge is 0.396 e. The Balaban J connectivity index is 1.46. The first-order valence-corrected chi connectivity index (χ1v) is 8.23. The molecule has 1 aromatic rings. The number of aliphatic hydroxyl groups excluding tert-OH is 1. The lowest BCUT2D eigenvalue weighted by molar-refractivity contribution is 0.144. The van der Waals surface area contributed by atoms with E-state index in [-0.39, 0.29) is 24.6 Å². The molecule has 2 aliphatic rings. The van der Waals surface area contributed by atoms with Crippen molar-refractivity contribution in [2.75, 3.05) is 13.2 Å². The van der Waals surface area contributed by atoms with Crippen LogP contribution in [0.4, 0.5) is 4.79 Å². The van der Waals surface area contributed by atoms with Gasteiger partial charge in [0.2, 0.25) is 0 Å². The lowest BCUT2D eigenvalue weighted by Crippen LogP contribution is -2.49. The minimum atomic E-state index is -0.109. The van der Waals surface area contributed by atoms with Crippen LogP contribution in [0.5, 0.6) is 0 Å². The summed E-state index contributed by atoms with van der Waals surface area (Å²) in [7, 11) is 0. The molecule has 0 spiro atoms. The maximum absolute atomic E-state index is 12.1. The molecule has 2 fully saturated rings. The van der Waals surface area contributed by atoms with Crippen molar-refractivity contribution >= 4 is 6.03 Å². The predicted molar refractivity (Wildman–Crippen MR) is 84.4 cm³/mol. The van der Waals surface area contributed by atoms with Crippen LogP contribution in [0.2, 0.25) is 0 Å². The highest BCUT2D eigenvalue weighted by Gasteiger charge is 2.47. The fraction of sp³-hybridized carbons (Fsp3) is 0.647. The zero-order chi connectivity index (χ0) is 15.5. The number of aromatic nitrogens is 1. The van der Waals surface area contributed by atoms with Crippen molar-refractivity contribution in [3.05, 3.63) is 29.6 Å². The van der Waals surface area contributed by atoms with Gasteiger partial charge in [0, 0.05) is 37.5 Å². The molecule has 4 unspecified atom stereocenters. The molecular formula is C17H25N3O2. The van der Waals surface area contributed by atoms with Crippen LogP contribution >= 0.6 is 0 Å². The number of nitrogens with one attached hydrogen (secondary N) is 2. The van der Waals surface area contributed by atoms with Gasteiger partial charge >= 0.3 is 6.03 Å². The highest BCUT2D eigenvalue weighted by Crippen LogP contribution is 2.48. The summed E-state index contributed by atoms with van der Waals surface area (Å²) in [5.74, 6) is 1.39. The second kappa shape index (κ2) is 6.65. The van der Waals surface area contributed by atoms with Crippen LogP contribution in [0.25, 0.3) is 0 Å². The number of aliphatic hydroxyl groups is 1. The number of hydrogen-bond donors (Lipinski definition) is 3. The topological polar surface area (TPSA) is 74.2 Å². The summed E-state index contributed by atoms with van der Waals surface area (Å²) in [6.07, 6.45) is 7.98. The number of urea groups is 1. The van der Waals surface area contributed by atoms with Crippen molar-refractivity contribution in [3.8, 4) is 0 Å². The molecule has 22 heavy (non-hydrogen) atoms. The van der Waals surface area contributed by atoms with E-state index in [0.29, 0.717) is 18.4 Å². The van der Waals surface area contributed by atoms with Gasteiger partial charge in [0.05, 0.1) is 0 Å². The number of rotatable bonds is 5. The van der Waals surface area contributed by atoms with E-state index in [1.165, 1.54) is 18.4 Å². The standard InChI is InChI=1S/C17H25N3O2/c1-11-9-18-6-4-12(11)5-7-19-17(22)20-16-14-3-2-13(8-14)15(16)10-21/h4,6,9,13-16,21H,2-3,5,7-8,10H2,1H3,(H2,19,20,22). The normalized spacial score (nSPS) is 29.5. The molecule has 0 radical (unpaired) electrons. The molecule has 120 valence electrons. The average Bonchev–Trinajstić information content (AvgIpc) is 3.10. The first kappa shape index (κ1) is 15.3. The van der Waals surface area contributed by atoms with Crippen molar-refractivity contribution in [2.45, 2.75) is 38.6 Å². The number of hydrogen-bond acceptors (Lipinski definition) is 3. The van der Waals surface area contributed by atoms with Crippen molar-refractivity contribution in [3.63, 3.8) is 0 Å². The van der Waals surface area contributed by atoms with E-state index in [1.807, 2.05) is 19.2 Å². The van der Waals surface area contributed by atoms with Crippen LogP contribution in [0, 0.1) is 24.7 Å². The highest BCUT2D eigenvalue weighted by molar-refractivity contribution is 5.74. The van der Waals surface area contributed by atoms with Crippen LogP contribution in [-0.2, 0) is 6.42 Å². The summed E-state index contributed by atoms with van der Waals surface area (Å²) in [5.41, 5.74) is 2.36. The van der Waals surface area contributed by atoms with Crippen LogP contribution in [0.1, 0.15) is 30.4 Å². The number of fused-ring (bicyclic) bond motifs is 2. The van der Waals surface area contributed by atoms with Gasteiger partial charge in [-0.1, -0.05) is 0 Å². The monoisotopic (exact) mass is 303 g/mol. The smallest absolute Gasteiger partial charge is 0.315 e. The third-order valence-corrected chi connectivity index (χ3v) is 5.41. The average molecular weight is 303 g/mol. The van der Waals surface area contributed by atoms with Crippen molar-refractivity contribution < 1.29 is 9.90 Å². The van der Waals surface area contributed by atoms with Gasteiger partial charge in [-0.05, 0) is 61.6 Å². The van der Waals surface area contributed by atoms with E-state index in [4.69, 9.17) is 0 Å². The summed E-state index contributed by atoms with van der Waals surface area (Å²) in [6.45, 7) is 2.83. The van der Waals surface area contributed by atoms with Crippen molar-refractivity contribution in [1.29, 1.82) is 0 Å². The molecule has 1 aromatic heterocycles. The molecule has 3 N–H and O–H groups in total. The third-order valence-electron chi connectivity index (χ3n) is 5.41. The molecular weight excluding hydrogens is 278 g/mol. The fourth-order valence-electron chi connectivity index (χ4n) is 4.19. The Morgan fingerprint density at radius 1 is 1.41 bits per heavy atom. The minimum Gasteiger partial charge on any atom is -0.396 e. The maximum atomic E-state index is 12.1. The Hall–Kier alpha value is -1.62. The lowest BCUT2D eigenvalue weighted by atomic mass is 9.85. The van der Waals surface area contributed by atoms with Gasteiger partial charge in [0.15, 0.2) is 0 Å². The molecule has 5 heteroatoms. The second-order valence-corrected chi connectivity index (χ2v) is 6.66. The molecule has 0 saturated heterocycles. The number of amides is 2. The minimum absolute atomic E-state index is 0.109. The summed E-state index contributed by atoms with van der Waals surface area (Å²) >= 11 is 0. The summed E-state index contributed by atoms with van der Waals surface area (Å²) in [6, 6.07) is 2.03. The van der Waals surface area contributed by atoms with Gasteiger partial charge in [-0.25, -0.2) is 4.79 Å². The molecule has 2 amide bonds. The van der Waals surface area contributed by atoms with Crippen LogP contribution in [-0.4, -0.2) is 35.3 Å². The molecule has 0 aromatic carbocycles. The van der Waals surface area contributed by atoms with Gasteiger partial charge < -0.3 is 15.7 Å². The van der Waals surface area contributed by atoms with Gasteiger partial charge in [-0.3, -0.25) is 4.98 Å². The van der Waals surface area contributed by atoms with E-state index < -0.39 is 0 Å². The van der Waals surface area contributed by atoms with Gasteiger partial charge in [-0.15, -0.1) is 0 Å². The van der Waals surface area contributed by atoms with Gasteiger partial charge in [-0.2, -0.15) is 0 Å². The zero-order valence-electron chi connectivity index (χ0n) is 13.1. The number of pyridine rings is 1. The summed E-state index contributed by atoms with van der Waals surface area (Å²) < 4.78 is 0. The SMILES string of the molecule is Cc1cnccc1CCNC(=O)NC1C2CCC(C2)C1CO. The molecule has 4 atom stereocenters. The molecule has 2 bridgehead atoms. The van der Waals surface area contributed by atoms with Crippen molar-refractivity contribution in [1.82, 2.24) is 15.6 Å². The highest BCUT2D eigenvalue weighted by atomic mass is 16.3. The van der Waals surface area contributed by atoms with Crippen LogP contribution in [0.3, 0.4) is 0 Å². The maximum Gasteiger partial charge on any atom is 0.315 e. The van der Waals surface area contributed by atoms with Gasteiger partial charge in [0.1, 0.15) is 0 Å². The molecule has 1 heterocycles. The Kier molecular flexibility index (Phi) is 4.62. The second-order valence-electron chi connectivity index (χ2n) is 6.66. The Bertz CT molecular complexity index is 534. The van der Waals surface area contributed by atoms with E-state index in [2.05, 4.69) is 15.6 Å². The quantitative estimate of drug-likeness (QED) is 0.774. The summed E-state index contributed by atoms with van der Waals surface area (Å²) in [4.78, 5) is 16.2. The molecule has 5 nitrogen and oxygen atoms in total. The molecule has 2 aliphatic carbocycles. The Labute approximate surface area is 131 Å². The van der Waals surface area contributed by atoms with E-state index in [1.54, 1.807) is 6.20 Å². The number of carbonyl (C=O) groups is 1.